The predicted molar refractivity (Wildman–Crippen MR) is 72.9 cm³/mol. The lowest BCUT2D eigenvalue weighted by molar-refractivity contribution is -0.112. The highest BCUT2D eigenvalue weighted by Crippen LogP contribution is 2.44. The van der Waals surface area contributed by atoms with E-state index in [1.54, 1.807) is 13.8 Å². The van der Waals surface area contributed by atoms with Crippen molar-refractivity contribution in [1.29, 1.82) is 5.26 Å². The molecule has 2 rings (SSSR count). The minimum Gasteiger partial charge on any atom is -0.306 e. The lowest BCUT2D eigenvalue weighted by Crippen LogP contribution is -2.19. The molecule has 4 unspecified atom stereocenters. The number of likely N-dealkylation sites (tertiary alicyclic amines) is 1. The molecule has 2 aliphatic rings. The number of fused-ring (bicyclic) bond motifs is 1. The predicted octanol–water partition coefficient (Wildman–Crippen LogP) is 2.58. The fourth-order valence-corrected chi connectivity index (χ4v) is 3.10. The maximum atomic E-state index is 9.84. The molecule has 4 atom stereocenters. The van der Waals surface area contributed by atoms with Crippen molar-refractivity contribution >= 4 is 6.29 Å². The molecule has 0 bridgehead atoms. The van der Waals surface area contributed by atoms with Crippen LogP contribution in [0.2, 0.25) is 0 Å². The van der Waals surface area contributed by atoms with Gasteiger partial charge >= 0.3 is 0 Å². The van der Waals surface area contributed by atoms with Crippen molar-refractivity contribution in [2.24, 2.45) is 29.1 Å². The number of carbonyl (C=O) groups excluding carboxylic acids is 1. The van der Waals surface area contributed by atoms with Gasteiger partial charge in [0.15, 0.2) is 0 Å². The first kappa shape index (κ1) is 15.2. The van der Waals surface area contributed by atoms with Crippen molar-refractivity contribution < 1.29 is 4.79 Å². The summed E-state index contributed by atoms with van der Waals surface area (Å²) in [7, 11) is 2.26. The normalized spacial score (nSPS) is 35.3. The monoisotopic (exact) mass is 250 g/mol. The van der Waals surface area contributed by atoms with Crippen LogP contribution in [0, 0.1) is 40.4 Å². The van der Waals surface area contributed by atoms with Crippen LogP contribution in [0.25, 0.3) is 0 Å². The van der Waals surface area contributed by atoms with Gasteiger partial charge in [-0.15, -0.1) is 0 Å². The third kappa shape index (κ3) is 3.55. The molecule has 1 aliphatic carbocycles. The van der Waals surface area contributed by atoms with Crippen LogP contribution in [0.4, 0.5) is 0 Å². The Balaban J connectivity index is 0.000000203. The van der Waals surface area contributed by atoms with Crippen molar-refractivity contribution in [3.8, 4) is 6.07 Å². The summed E-state index contributed by atoms with van der Waals surface area (Å²) < 4.78 is 0. The Morgan fingerprint density at radius 3 is 2.33 bits per heavy atom. The van der Waals surface area contributed by atoms with Crippen molar-refractivity contribution in [3.63, 3.8) is 0 Å². The topological polar surface area (TPSA) is 44.1 Å². The highest BCUT2D eigenvalue weighted by molar-refractivity contribution is 5.62. The smallest absolute Gasteiger partial charge is 0.139 e. The van der Waals surface area contributed by atoms with E-state index in [4.69, 9.17) is 5.26 Å². The quantitative estimate of drug-likeness (QED) is 0.672. The number of rotatable bonds is 1. The second-order valence-corrected chi connectivity index (χ2v) is 6.67. The first-order valence-electron chi connectivity index (χ1n) is 6.87. The molecule has 1 heterocycles. The molecule has 0 aromatic heterocycles. The maximum absolute atomic E-state index is 9.84. The Labute approximate surface area is 111 Å². The highest BCUT2D eigenvalue weighted by atomic mass is 16.1. The Kier molecular flexibility index (Phi) is 4.92. The molecule has 102 valence electrons. The third-order valence-electron chi connectivity index (χ3n) is 4.50. The summed E-state index contributed by atoms with van der Waals surface area (Å²) in [5.74, 6) is 4.02. The average molecular weight is 250 g/mol. The van der Waals surface area contributed by atoms with Crippen LogP contribution >= 0.6 is 0 Å². The average Bonchev–Trinajstić information content (AvgIpc) is 2.80. The van der Waals surface area contributed by atoms with E-state index in [1.165, 1.54) is 19.5 Å². The molecular weight excluding hydrogens is 224 g/mol. The van der Waals surface area contributed by atoms with Gasteiger partial charge in [0.2, 0.25) is 0 Å². The minimum absolute atomic E-state index is 0.632. The van der Waals surface area contributed by atoms with Crippen LogP contribution in [0.3, 0.4) is 0 Å². The van der Waals surface area contributed by atoms with E-state index in [-0.39, 0.29) is 0 Å². The van der Waals surface area contributed by atoms with E-state index < -0.39 is 5.41 Å². The van der Waals surface area contributed by atoms with Crippen molar-refractivity contribution in [2.75, 3.05) is 20.1 Å². The Bertz CT molecular complexity index is 332. The zero-order valence-electron chi connectivity index (χ0n) is 12.3. The molecule has 2 fully saturated rings. The molecule has 0 N–H and O–H groups in total. The maximum Gasteiger partial charge on any atom is 0.139 e. The summed E-state index contributed by atoms with van der Waals surface area (Å²) in [6.45, 7) is 10.7. The molecule has 3 nitrogen and oxygen atoms in total. The number of hydrogen-bond acceptors (Lipinski definition) is 3. The second-order valence-electron chi connectivity index (χ2n) is 6.67. The van der Waals surface area contributed by atoms with Gasteiger partial charge in [-0.1, -0.05) is 13.8 Å². The van der Waals surface area contributed by atoms with E-state index in [9.17, 15) is 4.79 Å². The molecule has 1 saturated heterocycles. The molecule has 1 aliphatic heterocycles. The molecular formula is C15H26N2O. The van der Waals surface area contributed by atoms with Gasteiger partial charge in [-0.3, -0.25) is 0 Å². The van der Waals surface area contributed by atoms with Crippen LogP contribution in [0.1, 0.15) is 34.1 Å². The number of aldehydes is 1. The van der Waals surface area contributed by atoms with Gasteiger partial charge in [0.25, 0.3) is 0 Å². The van der Waals surface area contributed by atoms with Gasteiger partial charge in [0.05, 0.1) is 6.07 Å². The Hall–Kier alpha value is -0.880. The van der Waals surface area contributed by atoms with E-state index in [2.05, 4.69) is 25.8 Å². The van der Waals surface area contributed by atoms with Crippen molar-refractivity contribution in [1.82, 2.24) is 4.90 Å². The third-order valence-corrected chi connectivity index (χ3v) is 4.50. The molecule has 1 saturated carbocycles. The summed E-state index contributed by atoms with van der Waals surface area (Å²) in [6, 6.07) is 1.82. The van der Waals surface area contributed by atoms with Crippen LogP contribution in [0.15, 0.2) is 0 Å². The van der Waals surface area contributed by atoms with Gasteiger partial charge in [0.1, 0.15) is 11.7 Å². The number of nitriles is 1. The molecule has 0 aromatic rings. The van der Waals surface area contributed by atoms with E-state index in [0.717, 1.165) is 23.7 Å². The van der Waals surface area contributed by atoms with Crippen LogP contribution in [0.5, 0.6) is 0 Å². The first-order chi connectivity index (χ1) is 8.30. The number of hydrogen-bond donors (Lipinski definition) is 0. The standard InChI is InChI=1S/C10H19N.C5H7NO/c1-7-4-9-5-11(3)6-10(9)8(7)2;1-5(2,3-6)4-7/h7-10H,4-6H2,1-3H3;4H,1-2H3. The molecule has 18 heavy (non-hydrogen) atoms. The summed E-state index contributed by atoms with van der Waals surface area (Å²) in [5, 5.41) is 8.11. The Morgan fingerprint density at radius 1 is 1.33 bits per heavy atom. The van der Waals surface area contributed by atoms with Crippen molar-refractivity contribution in [2.45, 2.75) is 34.1 Å². The molecule has 0 amide bonds. The van der Waals surface area contributed by atoms with Gasteiger partial charge in [-0.05, 0) is 51.0 Å². The summed E-state index contributed by atoms with van der Waals surface area (Å²) in [6.07, 6.45) is 2.11. The largest absolute Gasteiger partial charge is 0.306 e. The summed E-state index contributed by atoms with van der Waals surface area (Å²) >= 11 is 0. The van der Waals surface area contributed by atoms with Crippen LogP contribution in [-0.4, -0.2) is 31.3 Å². The fraction of sp³-hybridized carbons (Fsp3) is 0.867. The SMILES string of the molecule is CC(C)(C#N)C=O.CC1CC2CN(C)CC2C1C. The van der Waals surface area contributed by atoms with E-state index in [0.29, 0.717) is 6.29 Å². The van der Waals surface area contributed by atoms with E-state index in [1.807, 2.05) is 6.07 Å². The molecule has 0 spiro atoms. The van der Waals surface area contributed by atoms with Crippen molar-refractivity contribution in [3.05, 3.63) is 0 Å². The highest BCUT2D eigenvalue weighted by Gasteiger charge is 2.42. The summed E-state index contributed by atoms with van der Waals surface area (Å²) in [5.41, 5.74) is -0.792. The fourth-order valence-electron chi connectivity index (χ4n) is 3.10. The minimum atomic E-state index is -0.792. The van der Waals surface area contributed by atoms with Crippen LogP contribution < -0.4 is 0 Å². The molecule has 0 radical (unpaired) electrons. The van der Waals surface area contributed by atoms with Gasteiger partial charge in [0, 0.05) is 13.1 Å². The van der Waals surface area contributed by atoms with E-state index >= 15 is 0 Å². The van der Waals surface area contributed by atoms with Gasteiger partial charge < -0.3 is 9.69 Å². The van der Waals surface area contributed by atoms with Crippen LogP contribution in [-0.2, 0) is 4.79 Å². The number of carbonyl (C=O) groups is 1. The Morgan fingerprint density at radius 2 is 1.94 bits per heavy atom. The van der Waals surface area contributed by atoms with Gasteiger partial charge in [-0.2, -0.15) is 5.26 Å². The summed E-state index contributed by atoms with van der Waals surface area (Å²) in [4.78, 5) is 12.3. The second kappa shape index (κ2) is 5.84. The lowest BCUT2D eigenvalue weighted by atomic mass is 9.91. The zero-order chi connectivity index (χ0) is 13.9. The molecule has 3 heteroatoms. The lowest BCUT2D eigenvalue weighted by Gasteiger charge is -2.17. The number of nitrogens with zero attached hydrogens (tertiary/aromatic N) is 2. The zero-order valence-corrected chi connectivity index (χ0v) is 12.3. The first-order valence-corrected chi connectivity index (χ1v) is 6.87. The van der Waals surface area contributed by atoms with Gasteiger partial charge in [-0.25, -0.2) is 0 Å². The molecule has 0 aromatic carbocycles.